The fourth-order valence-corrected chi connectivity index (χ4v) is 4.49. The fraction of sp³-hybridized carbons (Fsp3) is 0.393. The lowest BCUT2D eigenvalue weighted by Crippen LogP contribution is -2.58. The van der Waals surface area contributed by atoms with Gasteiger partial charge in [0.1, 0.15) is 18.0 Å². The molecule has 1 saturated heterocycles. The molecule has 0 bridgehead atoms. The minimum absolute atomic E-state index is 0.0634. The lowest BCUT2D eigenvalue weighted by Gasteiger charge is -2.42. The van der Waals surface area contributed by atoms with Crippen molar-refractivity contribution >= 4 is 23.4 Å². The van der Waals surface area contributed by atoms with Crippen molar-refractivity contribution < 1.29 is 19.1 Å². The second kappa shape index (κ2) is 11.4. The van der Waals surface area contributed by atoms with Crippen molar-refractivity contribution in [1.29, 1.82) is 0 Å². The van der Waals surface area contributed by atoms with Gasteiger partial charge in [-0.25, -0.2) is 0 Å². The topological polar surface area (TPSA) is 76.9 Å². The van der Waals surface area contributed by atoms with Gasteiger partial charge in [-0.15, -0.1) is 0 Å². The number of amides is 2. The molecule has 37 heavy (non-hydrogen) atoms. The highest BCUT2D eigenvalue weighted by molar-refractivity contribution is 6.31. The molecule has 9 heteroatoms. The predicted molar refractivity (Wildman–Crippen MR) is 142 cm³/mol. The van der Waals surface area contributed by atoms with Crippen LogP contribution in [0.3, 0.4) is 0 Å². The summed E-state index contributed by atoms with van der Waals surface area (Å²) in [6.07, 6.45) is 0.0634. The number of hydrogen-bond acceptors (Lipinski definition) is 5. The Hall–Kier alpha value is -3.36. The summed E-state index contributed by atoms with van der Waals surface area (Å²) in [5, 5.41) is 5.00. The molecule has 2 aromatic carbocycles. The van der Waals surface area contributed by atoms with Crippen molar-refractivity contribution in [2.24, 2.45) is 7.05 Å². The van der Waals surface area contributed by atoms with Crippen LogP contribution in [0.4, 0.5) is 0 Å². The molecule has 196 valence electrons. The predicted octanol–water partition coefficient (Wildman–Crippen LogP) is 4.03. The van der Waals surface area contributed by atoms with E-state index in [9.17, 15) is 9.59 Å². The number of rotatable bonds is 8. The quantitative estimate of drug-likeness (QED) is 0.444. The van der Waals surface area contributed by atoms with Gasteiger partial charge in [0.2, 0.25) is 5.91 Å². The Morgan fingerprint density at radius 1 is 1.16 bits per heavy atom. The summed E-state index contributed by atoms with van der Waals surface area (Å²) in [6, 6.07) is 17.0. The molecule has 0 spiro atoms. The number of hydrogen-bond donors (Lipinski definition) is 0. The summed E-state index contributed by atoms with van der Waals surface area (Å²) in [5.41, 5.74) is 2.17. The minimum Gasteiger partial charge on any atom is -0.490 e. The molecular formula is C28H33ClN4O4. The average Bonchev–Trinajstić information content (AvgIpc) is 3.23. The van der Waals surface area contributed by atoms with Crippen molar-refractivity contribution in [3.05, 3.63) is 82.1 Å². The molecule has 0 saturated carbocycles. The molecule has 1 fully saturated rings. The maximum Gasteiger partial charge on any atom is 0.274 e. The maximum absolute atomic E-state index is 13.4. The van der Waals surface area contributed by atoms with E-state index in [2.05, 4.69) is 5.10 Å². The van der Waals surface area contributed by atoms with E-state index < -0.39 is 5.60 Å². The highest BCUT2D eigenvalue weighted by Gasteiger charge is 2.42. The molecule has 4 rings (SSSR count). The number of morpholine rings is 1. The van der Waals surface area contributed by atoms with Crippen LogP contribution in [0.2, 0.25) is 5.02 Å². The molecular weight excluding hydrogens is 492 g/mol. The van der Waals surface area contributed by atoms with E-state index in [1.807, 2.05) is 50.2 Å². The SMILES string of the molecule is Cc1cc(OC[C@@]2(CC(=O)N(C)Cc3ccccc3)CN(C(=O)c3cc(C)n(C)n3)CCO2)ccc1Cl. The number of carbonyl (C=O) groups is 2. The minimum atomic E-state index is -1.02. The van der Waals surface area contributed by atoms with Crippen molar-refractivity contribution in [3.63, 3.8) is 0 Å². The molecule has 3 aromatic rings. The lowest BCUT2D eigenvalue weighted by atomic mass is 9.96. The van der Waals surface area contributed by atoms with Gasteiger partial charge in [-0.2, -0.15) is 5.10 Å². The van der Waals surface area contributed by atoms with Crippen LogP contribution in [0.15, 0.2) is 54.6 Å². The number of nitrogens with zero attached hydrogens (tertiary/aromatic N) is 4. The zero-order chi connectivity index (χ0) is 26.6. The molecule has 2 amide bonds. The lowest BCUT2D eigenvalue weighted by molar-refractivity contribution is -0.152. The van der Waals surface area contributed by atoms with Crippen LogP contribution in [-0.2, 0) is 23.1 Å². The van der Waals surface area contributed by atoms with Crippen LogP contribution in [-0.4, -0.2) is 70.3 Å². The average molecular weight is 525 g/mol. The third-order valence-corrected chi connectivity index (χ3v) is 7.09. The Balaban J connectivity index is 1.54. The highest BCUT2D eigenvalue weighted by Crippen LogP contribution is 2.28. The second-order valence-corrected chi connectivity index (χ2v) is 10.1. The number of benzene rings is 2. The first-order valence-electron chi connectivity index (χ1n) is 12.3. The van der Waals surface area contributed by atoms with E-state index in [-0.39, 0.29) is 38.0 Å². The van der Waals surface area contributed by atoms with Gasteiger partial charge in [0, 0.05) is 37.9 Å². The van der Waals surface area contributed by atoms with E-state index in [1.54, 1.807) is 46.8 Å². The summed E-state index contributed by atoms with van der Waals surface area (Å²) in [6.45, 7) is 5.28. The van der Waals surface area contributed by atoms with Gasteiger partial charge in [-0.3, -0.25) is 14.3 Å². The van der Waals surface area contributed by atoms with Gasteiger partial charge in [-0.1, -0.05) is 41.9 Å². The molecule has 0 aliphatic carbocycles. The first-order chi connectivity index (χ1) is 17.7. The zero-order valence-electron chi connectivity index (χ0n) is 21.7. The van der Waals surface area contributed by atoms with Gasteiger partial charge in [-0.05, 0) is 49.2 Å². The zero-order valence-corrected chi connectivity index (χ0v) is 22.5. The monoisotopic (exact) mass is 524 g/mol. The summed E-state index contributed by atoms with van der Waals surface area (Å²) in [4.78, 5) is 30.1. The Bertz CT molecular complexity index is 1240. The van der Waals surface area contributed by atoms with Crippen LogP contribution >= 0.6 is 11.6 Å². The van der Waals surface area contributed by atoms with E-state index in [4.69, 9.17) is 21.1 Å². The third kappa shape index (κ3) is 6.50. The van der Waals surface area contributed by atoms with E-state index in [0.29, 0.717) is 29.6 Å². The van der Waals surface area contributed by atoms with Crippen molar-refractivity contribution in [1.82, 2.24) is 19.6 Å². The molecule has 1 aromatic heterocycles. The highest BCUT2D eigenvalue weighted by atomic mass is 35.5. The number of ether oxygens (including phenoxy) is 2. The Morgan fingerprint density at radius 3 is 2.59 bits per heavy atom. The maximum atomic E-state index is 13.4. The first-order valence-corrected chi connectivity index (χ1v) is 12.6. The molecule has 1 atom stereocenters. The first kappa shape index (κ1) is 26.7. The standard InChI is InChI=1S/C28H33ClN4O4/c1-20-14-23(10-11-24(20)29)36-19-28(16-26(34)31(3)17-22-8-6-5-7-9-22)18-33(12-13-37-28)27(35)25-15-21(2)32(4)30-25/h5-11,14-15H,12-13,16-19H2,1-4H3/t28-/m1/s1. The largest absolute Gasteiger partial charge is 0.490 e. The van der Waals surface area contributed by atoms with Crippen LogP contribution in [0.25, 0.3) is 0 Å². The molecule has 0 radical (unpaired) electrons. The number of aryl methyl sites for hydroxylation is 3. The van der Waals surface area contributed by atoms with Crippen LogP contribution in [0.1, 0.15) is 33.7 Å². The fourth-order valence-electron chi connectivity index (χ4n) is 4.37. The number of carbonyl (C=O) groups excluding carboxylic acids is 2. The third-order valence-electron chi connectivity index (χ3n) is 6.66. The molecule has 1 aliphatic heterocycles. The summed E-state index contributed by atoms with van der Waals surface area (Å²) >= 11 is 6.17. The van der Waals surface area contributed by atoms with Crippen LogP contribution in [0.5, 0.6) is 5.75 Å². The second-order valence-electron chi connectivity index (χ2n) is 9.66. The Morgan fingerprint density at radius 2 is 1.92 bits per heavy atom. The molecule has 0 unspecified atom stereocenters. The van der Waals surface area contributed by atoms with Crippen LogP contribution < -0.4 is 4.74 Å². The van der Waals surface area contributed by atoms with Crippen molar-refractivity contribution in [3.8, 4) is 5.75 Å². The van der Waals surface area contributed by atoms with Gasteiger partial charge in [0.05, 0.1) is 19.6 Å². The van der Waals surface area contributed by atoms with Gasteiger partial charge in [0.25, 0.3) is 5.91 Å². The number of aromatic nitrogens is 2. The van der Waals surface area contributed by atoms with Crippen molar-refractivity contribution in [2.45, 2.75) is 32.4 Å². The number of halogens is 1. The molecule has 8 nitrogen and oxygen atoms in total. The normalized spacial score (nSPS) is 17.5. The molecule has 0 N–H and O–H groups in total. The summed E-state index contributed by atoms with van der Waals surface area (Å²) in [7, 11) is 3.58. The van der Waals surface area contributed by atoms with Gasteiger partial charge >= 0.3 is 0 Å². The smallest absolute Gasteiger partial charge is 0.274 e. The Kier molecular flexibility index (Phi) is 8.19. The molecule has 1 aliphatic rings. The van der Waals surface area contributed by atoms with E-state index in [0.717, 1.165) is 16.8 Å². The Labute approximate surface area is 222 Å². The van der Waals surface area contributed by atoms with Gasteiger partial charge in [0.15, 0.2) is 5.69 Å². The van der Waals surface area contributed by atoms with Gasteiger partial charge < -0.3 is 19.3 Å². The van der Waals surface area contributed by atoms with E-state index >= 15 is 0 Å². The molecule has 2 heterocycles. The van der Waals surface area contributed by atoms with E-state index in [1.165, 1.54) is 0 Å². The summed E-state index contributed by atoms with van der Waals surface area (Å²) in [5.74, 6) is 0.338. The summed E-state index contributed by atoms with van der Waals surface area (Å²) < 4.78 is 14.0. The van der Waals surface area contributed by atoms with Crippen molar-refractivity contribution in [2.75, 3.05) is 33.4 Å². The van der Waals surface area contributed by atoms with Crippen LogP contribution in [0, 0.1) is 13.8 Å².